The molecule has 0 fully saturated rings. The van der Waals surface area contributed by atoms with Crippen molar-refractivity contribution in [2.45, 2.75) is 30.1 Å². The number of aryl methyl sites for hydroxylation is 1. The van der Waals surface area contributed by atoms with Crippen LogP contribution in [0.25, 0.3) is 0 Å². The van der Waals surface area contributed by atoms with E-state index in [0.717, 1.165) is 30.7 Å². The lowest BCUT2D eigenvalue weighted by atomic mass is 10.1. The lowest BCUT2D eigenvalue weighted by Gasteiger charge is -2.13. The first-order valence-electron chi connectivity index (χ1n) is 9.01. The number of aliphatic imine (C=N–C) groups is 1. The van der Waals surface area contributed by atoms with Gasteiger partial charge in [-0.15, -0.1) is 35.3 Å². The molecular weight excluding hydrogens is 509 g/mol. The SMILES string of the molecule is CCNC(=NCC(O)CS(=O)(=O)c1cccs1)NCCCc1ccccc1.I. The third kappa shape index (κ3) is 8.89. The summed E-state index contributed by atoms with van der Waals surface area (Å²) in [5.74, 6) is 0.253. The lowest BCUT2D eigenvalue weighted by molar-refractivity contribution is 0.206. The molecule has 1 atom stereocenters. The number of hydrogen-bond donors (Lipinski definition) is 3. The van der Waals surface area contributed by atoms with E-state index in [1.807, 2.05) is 25.1 Å². The van der Waals surface area contributed by atoms with E-state index in [0.29, 0.717) is 12.5 Å². The number of nitrogens with one attached hydrogen (secondary N) is 2. The molecule has 1 aromatic heterocycles. The number of rotatable bonds is 10. The number of aliphatic hydroxyl groups excluding tert-OH is 1. The van der Waals surface area contributed by atoms with Crippen molar-refractivity contribution in [3.05, 3.63) is 53.4 Å². The van der Waals surface area contributed by atoms with E-state index in [9.17, 15) is 13.5 Å². The Bertz CT molecular complexity index is 797. The number of halogens is 1. The maximum absolute atomic E-state index is 12.2. The van der Waals surface area contributed by atoms with Crippen LogP contribution in [0.1, 0.15) is 18.9 Å². The molecule has 1 heterocycles. The van der Waals surface area contributed by atoms with Crippen molar-refractivity contribution in [2.75, 3.05) is 25.4 Å². The van der Waals surface area contributed by atoms with E-state index in [-0.39, 0.29) is 40.5 Å². The van der Waals surface area contributed by atoms with Crippen molar-refractivity contribution in [2.24, 2.45) is 4.99 Å². The molecule has 0 bridgehead atoms. The Morgan fingerprint density at radius 2 is 1.93 bits per heavy atom. The summed E-state index contributed by atoms with van der Waals surface area (Å²) in [5.41, 5.74) is 1.29. The summed E-state index contributed by atoms with van der Waals surface area (Å²) in [6, 6.07) is 13.5. The highest BCUT2D eigenvalue weighted by Gasteiger charge is 2.20. The Balaban J connectivity index is 0.00000392. The van der Waals surface area contributed by atoms with E-state index in [2.05, 4.69) is 27.8 Å². The Morgan fingerprint density at radius 1 is 1.18 bits per heavy atom. The molecule has 156 valence electrons. The Hall–Kier alpha value is -1.17. The summed E-state index contributed by atoms with van der Waals surface area (Å²) < 4.78 is 24.7. The molecule has 0 saturated heterocycles. The number of sulfone groups is 1. The van der Waals surface area contributed by atoms with E-state index in [4.69, 9.17) is 0 Å². The number of nitrogens with zero attached hydrogens (tertiary/aromatic N) is 1. The number of benzene rings is 1. The van der Waals surface area contributed by atoms with E-state index in [1.54, 1.807) is 17.5 Å². The van der Waals surface area contributed by atoms with Gasteiger partial charge in [-0.05, 0) is 36.8 Å². The second kappa shape index (κ2) is 13.1. The minimum Gasteiger partial charge on any atom is -0.390 e. The van der Waals surface area contributed by atoms with Crippen LogP contribution >= 0.6 is 35.3 Å². The molecule has 2 rings (SSSR count). The molecule has 0 aliphatic rings. The van der Waals surface area contributed by atoms with Crippen LogP contribution in [-0.4, -0.2) is 51.0 Å². The molecule has 0 amide bonds. The van der Waals surface area contributed by atoms with Crippen molar-refractivity contribution in [1.29, 1.82) is 0 Å². The molecule has 0 aliphatic carbocycles. The molecule has 0 saturated carbocycles. The molecule has 28 heavy (non-hydrogen) atoms. The van der Waals surface area contributed by atoms with Crippen molar-refractivity contribution in [3.8, 4) is 0 Å². The lowest BCUT2D eigenvalue weighted by Crippen LogP contribution is -2.39. The van der Waals surface area contributed by atoms with Crippen molar-refractivity contribution < 1.29 is 13.5 Å². The fourth-order valence-corrected chi connectivity index (χ4v) is 4.98. The van der Waals surface area contributed by atoms with E-state index >= 15 is 0 Å². The van der Waals surface area contributed by atoms with Gasteiger partial charge >= 0.3 is 0 Å². The number of aliphatic hydroxyl groups is 1. The second-order valence-electron chi connectivity index (χ2n) is 6.10. The number of thiophene rings is 1. The van der Waals surface area contributed by atoms with Gasteiger partial charge in [-0.2, -0.15) is 0 Å². The van der Waals surface area contributed by atoms with Gasteiger partial charge in [0.25, 0.3) is 0 Å². The summed E-state index contributed by atoms with van der Waals surface area (Å²) in [6.07, 6.45) is 0.871. The van der Waals surface area contributed by atoms with Gasteiger partial charge in [-0.3, -0.25) is 4.99 Å². The number of guanidine groups is 1. The number of hydrogen-bond acceptors (Lipinski definition) is 5. The first-order valence-corrected chi connectivity index (χ1v) is 11.5. The summed E-state index contributed by atoms with van der Waals surface area (Å²) in [5, 5.41) is 18.1. The molecule has 0 radical (unpaired) electrons. The molecule has 1 unspecified atom stereocenters. The highest BCUT2D eigenvalue weighted by atomic mass is 127. The van der Waals surface area contributed by atoms with Crippen molar-refractivity contribution in [1.82, 2.24) is 10.6 Å². The van der Waals surface area contributed by atoms with Gasteiger partial charge in [-0.1, -0.05) is 36.4 Å². The Kier molecular flexibility index (Phi) is 11.7. The van der Waals surface area contributed by atoms with Gasteiger partial charge in [0.05, 0.1) is 18.4 Å². The van der Waals surface area contributed by atoms with Crippen molar-refractivity contribution >= 4 is 51.1 Å². The minimum atomic E-state index is -3.47. The average molecular weight is 537 g/mol. The zero-order chi connectivity index (χ0) is 19.5. The molecule has 3 N–H and O–H groups in total. The van der Waals surface area contributed by atoms with Crippen molar-refractivity contribution in [3.63, 3.8) is 0 Å². The van der Waals surface area contributed by atoms with E-state index in [1.165, 1.54) is 5.56 Å². The average Bonchev–Trinajstić information content (AvgIpc) is 3.19. The quantitative estimate of drug-likeness (QED) is 0.188. The normalized spacial score (nSPS) is 12.9. The summed E-state index contributed by atoms with van der Waals surface area (Å²) in [6.45, 7) is 3.41. The first kappa shape index (κ1) is 24.9. The fraction of sp³-hybridized carbons (Fsp3) is 0.421. The zero-order valence-corrected chi connectivity index (χ0v) is 19.8. The van der Waals surface area contributed by atoms with E-state index < -0.39 is 15.9 Å². The van der Waals surface area contributed by atoms with Gasteiger partial charge in [0.1, 0.15) is 4.21 Å². The summed E-state index contributed by atoms with van der Waals surface area (Å²) >= 11 is 1.16. The molecule has 9 heteroatoms. The molecular formula is C19H28IN3O3S2. The molecule has 6 nitrogen and oxygen atoms in total. The van der Waals surface area contributed by atoms with Gasteiger partial charge in [-0.25, -0.2) is 8.42 Å². The van der Waals surface area contributed by atoms with Crippen LogP contribution in [0, 0.1) is 0 Å². The van der Waals surface area contributed by atoms with Gasteiger partial charge in [0, 0.05) is 13.1 Å². The maximum Gasteiger partial charge on any atom is 0.191 e. The third-order valence-corrected chi connectivity index (χ3v) is 7.08. The summed E-state index contributed by atoms with van der Waals surface area (Å²) in [7, 11) is -3.47. The van der Waals surface area contributed by atoms with Crippen LogP contribution < -0.4 is 10.6 Å². The van der Waals surface area contributed by atoms with Crippen LogP contribution in [0.3, 0.4) is 0 Å². The van der Waals surface area contributed by atoms with Crippen LogP contribution in [0.4, 0.5) is 0 Å². The molecule has 2 aromatic rings. The third-order valence-electron chi connectivity index (χ3n) is 3.80. The smallest absolute Gasteiger partial charge is 0.191 e. The minimum absolute atomic E-state index is 0. The summed E-state index contributed by atoms with van der Waals surface area (Å²) in [4.78, 5) is 4.31. The van der Waals surface area contributed by atoms with Crippen LogP contribution in [0.15, 0.2) is 57.0 Å². The van der Waals surface area contributed by atoms with Crippen LogP contribution in [0.2, 0.25) is 0 Å². The van der Waals surface area contributed by atoms with Gasteiger partial charge in [0.15, 0.2) is 15.8 Å². The van der Waals surface area contributed by atoms with Crippen LogP contribution in [-0.2, 0) is 16.3 Å². The Labute approximate surface area is 188 Å². The zero-order valence-electron chi connectivity index (χ0n) is 15.9. The standard InChI is InChI=1S/C19H27N3O3S2.HI/c1-2-20-19(21-12-6-10-16-8-4-3-5-9-16)22-14-17(23)15-27(24,25)18-11-7-13-26-18;/h3-5,7-9,11,13,17,23H,2,6,10,12,14-15H2,1H3,(H2,20,21,22);1H. The largest absolute Gasteiger partial charge is 0.390 e. The van der Waals surface area contributed by atoms with Gasteiger partial charge < -0.3 is 15.7 Å². The highest BCUT2D eigenvalue weighted by Crippen LogP contribution is 2.18. The maximum atomic E-state index is 12.2. The first-order chi connectivity index (χ1) is 13.0. The molecule has 1 aromatic carbocycles. The Morgan fingerprint density at radius 3 is 2.57 bits per heavy atom. The topological polar surface area (TPSA) is 90.8 Å². The monoisotopic (exact) mass is 537 g/mol. The predicted molar refractivity (Wildman–Crippen MR) is 127 cm³/mol. The van der Waals surface area contributed by atoms with Gasteiger partial charge in [0.2, 0.25) is 0 Å². The highest BCUT2D eigenvalue weighted by molar-refractivity contribution is 14.0. The molecule has 0 spiro atoms. The molecule has 0 aliphatic heterocycles. The second-order valence-corrected chi connectivity index (χ2v) is 9.31. The fourth-order valence-electron chi connectivity index (χ4n) is 2.51. The van der Waals surface area contributed by atoms with Crippen LogP contribution in [0.5, 0.6) is 0 Å². The predicted octanol–water partition coefficient (Wildman–Crippen LogP) is 2.69.